The molecule has 0 saturated carbocycles. The molecule has 0 radical (unpaired) electrons. The van der Waals surface area contributed by atoms with Crippen LogP contribution in [0.15, 0.2) is 57.6 Å². The van der Waals surface area contributed by atoms with Crippen molar-refractivity contribution in [2.45, 2.75) is 0 Å². The van der Waals surface area contributed by atoms with Crippen molar-refractivity contribution in [2.75, 3.05) is 0 Å². The van der Waals surface area contributed by atoms with E-state index in [1.807, 2.05) is 0 Å². The first-order chi connectivity index (χ1) is 12.3. The minimum Gasteiger partial charge on any atom is -0.402 e. The largest absolute Gasteiger partial charge is 0.402 e. The highest BCUT2D eigenvalue weighted by molar-refractivity contribution is 9.10. The summed E-state index contributed by atoms with van der Waals surface area (Å²) in [5.41, 5.74) is 0.520. The van der Waals surface area contributed by atoms with Gasteiger partial charge in [0.15, 0.2) is 5.70 Å². The molecule has 2 aromatic rings. The number of benzene rings is 2. The molecule has 1 heterocycles. The number of nitro benzene ring substituents is 2. The first-order valence-electron chi connectivity index (χ1n) is 7.06. The summed E-state index contributed by atoms with van der Waals surface area (Å²) in [6.07, 6.45) is 1.36. The number of hydrogen-bond acceptors (Lipinski definition) is 7. The first-order valence-corrected chi connectivity index (χ1v) is 7.86. The predicted molar refractivity (Wildman–Crippen MR) is 94.5 cm³/mol. The molecule has 0 unspecified atom stereocenters. The van der Waals surface area contributed by atoms with Crippen molar-refractivity contribution < 1.29 is 19.4 Å². The number of ether oxygens (including phenoxy) is 1. The quantitative estimate of drug-likeness (QED) is 0.323. The van der Waals surface area contributed by atoms with Crippen molar-refractivity contribution >= 4 is 45.2 Å². The highest BCUT2D eigenvalue weighted by Gasteiger charge is 2.25. The van der Waals surface area contributed by atoms with Crippen molar-refractivity contribution in [1.29, 1.82) is 0 Å². The number of hydrogen-bond donors (Lipinski definition) is 0. The Morgan fingerprint density at radius 2 is 1.73 bits per heavy atom. The summed E-state index contributed by atoms with van der Waals surface area (Å²) in [5, 5.41) is 21.6. The zero-order valence-corrected chi connectivity index (χ0v) is 14.4. The van der Waals surface area contributed by atoms with Gasteiger partial charge in [-0.15, -0.1) is 0 Å². The molecule has 0 N–H and O–H groups in total. The summed E-state index contributed by atoms with van der Waals surface area (Å²) in [5.74, 6) is -0.716. The maximum Gasteiger partial charge on any atom is 0.363 e. The molecule has 0 atom stereocenters. The van der Waals surface area contributed by atoms with E-state index in [0.29, 0.717) is 15.6 Å². The van der Waals surface area contributed by atoms with E-state index in [2.05, 4.69) is 20.9 Å². The molecule has 0 saturated heterocycles. The van der Waals surface area contributed by atoms with E-state index in [-0.39, 0.29) is 23.0 Å². The summed E-state index contributed by atoms with van der Waals surface area (Å²) < 4.78 is 5.38. The maximum atomic E-state index is 12.0. The van der Waals surface area contributed by atoms with E-state index in [4.69, 9.17) is 4.74 Å². The van der Waals surface area contributed by atoms with Crippen LogP contribution in [0.3, 0.4) is 0 Å². The van der Waals surface area contributed by atoms with E-state index in [0.717, 1.165) is 0 Å². The molecule has 2 aromatic carbocycles. The predicted octanol–water partition coefficient (Wildman–Crippen LogP) is 3.61. The van der Waals surface area contributed by atoms with Crippen LogP contribution in [-0.2, 0) is 9.53 Å². The van der Waals surface area contributed by atoms with Gasteiger partial charge in [-0.3, -0.25) is 20.2 Å². The molecule has 0 aliphatic carbocycles. The van der Waals surface area contributed by atoms with Gasteiger partial charge in [0.05, 0.1) is 14.3 Å². The average molecular weight is 418 g/mol. The molecule has 1 aliphatic rings. The third-order valence-electron chi connectivity index (χ3n) is 3.42. The number of non-ortho nitro benzene ring substituents is 1. The molecule has 0 amide bonds. The van der Waals surface area contributed by atoms with Gasteiger partial charge in [0.1, 0.15) is 0 Å². The van der Waals surface area contributed by atoms with Crippen LogP contribution in [0.1, 0.15) is 11.1 Å². The standard InChI is InChI=1S/C16H8BrN3O6/c17-12-6-1-9(8-14(12)20(24)25)7-13-16(21)26-15(18-13)10-2-4-11(5-3-10)19(22)23/h1-8H/b13-7-. The van der Waals surface area contributed by atoms with Crippen LogP contribution < -0.4 is 0 Å². The molecule has 0 bridgehead atoms. The van der Waals surface area contributed by atoms with Crippen molar-refractivity contribution in [2.24, 2.45) is 4.99 Å². The number of cyclic esters (lactones) is 1. The Bertz CT molecular complexity index is 998. The van der Waals surface area contributed by atoms with Crippen LogP contribution >= 0.6 is 15.9 Å². The van der Waals surface area contributed by atoms with E-state index < -0.39 is 15.8 Å². The van der Waals surface area contributed by atoms with Crippen molar-refractivity contribution in [3.05, 3.63) is 84.0 Å². The lowest BCUT2D eigenvalue weighted by molar-refractivity contribution is -0.385. The first kappa shape index (κ1) is 17.4. The van der Waals surface area contributed by atoms with Crippen LogP contribution in [0.5, 0.6) is 0 Å². The highest BCUT2D eigenvalue weighted by Crippen LogP contribution is 2.27. The topological polar surface area (TPSA) is 125 Å². The van der Waals surface area contributed by atoms with E-state index in [1.165, 1.54) is 42.5 Å². The maximum absolute atomic E-state index is 12.0. The SMILES string of the molecule is O=C1OC(c2ccc([N+](=O)[O-])cc2)=N/C1=C\c1ccc(Br)c([N+](=O)[O-])c1. The number of halogens is 1. The molecule has 9 nitrogen and oxygen atoms in total. The zero-order valence-electron chi connectivity index (χ0n) is 12.8. The van der Waals surface area contributed by atoms with Crippen LogP contribution in [0.25, 0.3) is 6.08 Å². The fraction of sp³-hybridized carbons (Fsp3) is 0. The van der Waals surface area contributed by atoms with Gasteiger partial charge in [-0.25, -0.2) is 9.79 Å². The van der Waals surface area contributed by atoms with E-state index >= 15 is 0 Å². The lowest BCUT2D eigenvalue weighted by Crippen LogP contribution is -2.05. The Balaban J connectivity index is 1.92. The second-order valence-corrected chi connectivity index (χ2v) is 5.96. The fourth-order valence-corrected chi connectivity index (χ4v) is 2.57. The summed E-state index contributed by atoms with van der Waals surface area (Å²) in [6.45, 7) is 0. The Hall–Kier alpha value is -3.40. The fourth-order valence-electron chi connectivity index (χ4n) is 2.18. The van der Waals surface area contributed by atoms with Crippen LogP contribution in [0.4, 0.5) is 11.4 Å². The lowest BCUT2D eigenvalue weighted by Gasteiger charge is -1.98. The van der Waals surface area contributed by atoms with Gasteiger partial charge in [0.2, 0.25) is 5.90 Å². The Morgan fingerprint density at radius 1 is 1.04 bits per heavy atom. The van der Waals surface area contributed by atoms with Crippen molar-refractivity contribution in [3.8, 4) is 0 Å². The number of carbonyl (C=O) groups excluding carboxylic acids is 1. The normalized spacial score (nSPS) is 14.9. The minimum absolute atomic E-state index is 0.00255. The second-order valence-electron chi connectivity index (χ2n) is 5.11. The van der Waals surface area contributed by atoms with Gasteiger partial charge in [-0.05, 0) is 45.8 Å². The lowest BCUT2D eigenvalue weighted by atomic mass is 10.1. The van der Waals surface area contributed by atoms with Gasteiger partial charge in [-0.1, -0.05) is 6.07 Å². The Morgan fingerprint density at radius 3 is 2.35 bits per heavy atom. The molecule has 10 heteroatoms. The van der Waals surface area contributed by atoms with Gasteiger partial charge < -0.3 is 4.74 Å². The molecule has 0 fully saturated rings. The Labute approximate surface area is 154 Å². The monoisotopic (exact) mass is 417 g/mol. The van der Waals surface area contributed by atoms with E-state index in [9.17, 15) is 25.0 Å². The van der Waals surface area contributed by atoms with Gasteiger partial charge >= 0.3 is 5.97 Å². The molecule has 0 aromatic heterocycles. The summed E-state index contributed by atoms with van der Waals surface area (Å²) >= 11 is 3.08. The van der Waals surface area contributed by atoms with Gasteiger partial charge in [-0.2, -0.15) is 0 Å². The number of carbonyl (C=O) groups is 1. The molecule has 0 spiro atoms. The van der Waals surface area contributed by atoms with Crippen LogP contribution in [0, 0.1) is 20.2 Å². The van der Waals surface area contributed by atoms with Crippen molar-refractivity contribution in [3.63, 3.8) is 0 Å². The minimum atomic E-state index is -0.719. The van der Waals surface area contributed by atoms with Gasteiger partial charge in [0, 0.05) is 23.8 Å². The molecule has 3 rings (SSSR count). The smallest absolute Gasteiger partial charge is 0.363 e. The number of nitro groups is 2. The third kappa shape index (κ3) is 3.49. The van der Waals surface area contributed by atoms with Crippen molar-refractivity contribution in [1.82, 2.24) is 0 Å². The summed E-state index contributed by atoms with van der Waals surface area (Å²) in [6, 6.07) is 9.73. The number of aliphatic imine (C=N–C) groups is 1. The number of rotatable bonds is 4. The zero-order chi connectivity index (χ0) is 18.8. The number of nitrogens with zero attached hydrogens (tertiary/aromatic N) is 3. The van der Waals surface area contributed by atoms with Gasteiger partial charge in [0.25, 0.3) is 11.4 Å². The second kappa shape index (κ2) is 6.84. The van der Waals surface area contributed by atoms with E-state index in [1.54, 1.807) is 6.07 Å². The highest BCUT2D eigenvalue weighted by atomic mass is 79.9. The third-order valence-corrected chi connectivity index (χ3v) is 4.09. The van der Waals surface area contributed by atoms with Crippen LogP contribution in [0.2, 0.25) is 0 Å². The average Bonchev–Trinajstić information content (AvgIpc) is 2.97. The van der Waals surface area contributed by atoms with Crippen LogP contribution in [-0.4, -0.2) is 21.7 Å². The molecule has 1 aliphatic heterocycles. The molecule has 130 valence electrons. The molecular formula is C16H8BrN3O6. The summed E-state index contributed by atoms with van der Waals surface area (Å²) in [7, 11) is 0. The number of esters is 1. The summed E-state index contributed by atoms with van der Waals surface area (Å²) in [4.78, 5) is 36.6. The Kier molecular flexibility index (Phi) is 4.59. The molecule has 26 heavy (non-hydrogen) atoms. The molecular weight excluding hydrogens is 410 g/mol.